The van der Waals surface area contributed by atoms with Gasteiger partial charge in [0, 0.05) is 13.1 Å². The zero-order valence-electron chi connectivity index (χ0n) is 12.6. The molecule has 1 aliphatic rings. The number of carboxylic acids is 1. The average molecular weight is 347 g/mol. The number of halogens is 3. The van der Waals surface area contributed by atoms with Crippen LogP contribution in [0.2, 0.25) is 0 Å². The summed E-state index contributed by atoms with van der Waals surface area (Å²) in [5, 5.41) is 8.73. The molecule has 1 aromatic carbocycles. The van der Waals surface area contributed by atoms with E-state index in [-0.39, 0.29) is 37.8 Å². The van der Waals surface area contributed by atoms with Gasteiger partial charge in [-0.05, 0) is 24.3 Å². The molecular formula is C15H16F3NO5. The van der Waals surface area contributed by atoms with Gasteiger partial charge in [-0.1, -0.05) is 0 Å². The average Bonchev–Trinajstić information content (AvgIpc) is 2.52. The summed E-state index contributed by atoms with van der Waals surface area (Å²) < 4.78 is 47.8. The van der Waals surface area contributed by atoms with E-state index >= 15 is 0 Å². The Morgan fingerprint density at radius 2 is 1.96 bits per heavy atom. The molecule has 1 aromatic rings. The van der Waals surface area contributed by atoms with E-state index in [4.69, 9.17) is 14.6 Å². The molecule has 1 fully saturated rings. The Morgan fingerprint density at radius 3 is 2.54 bits per heavy atom. The fourth-order valence-corrected chi connectivity index (χ4v) is 2.24. The third-order valence-electron chi connectivity index (χ3n) is 3.44. The molecule has 9 heteroatoms. The largest absolute Gasteiger partial charge is 0.484 e. The molecule has 0 bridgehead atoms. The maximum atomic E-state index is 12.4. The number of carbonyl (C=O) groups is 2. The number of rotatable bonds is 5. The summed E-state index contributed by atoms with van der Waals surface area (Å²) in [6.45, 7) is 0.335. The van der Waals surface area contributed by atoms with Gasteiger partial charge in [-0.3, -0.25) is 9.59 Å². The van der Waals surface area contributed by atoms with Crippen LogP contribution in [0.25, 0.3) is 0 Å². The van der Waals surface area contributed by atoms with Gasteiger partial charge in [0.15, 0.2) is 6.61 Å². The van der Waals surface area contributed by atoms with Crippen LogP contribution in [-0.4, -0.2) is 54.3 Å². The Hall–Kier alpha value is -2.29. The summed E-state index contributed by atoms with van der Waals surface area (Å²) >= 11 is 0. The van der Waals surface area contributed by atoms with Gasteiger partial charge in [0.2, 0.25) is 0 Å². The van der Waals surface area contributed by atoms with E-state index in [1.165, 1.54) is 4.90 Å². The Morgan fingerprint density at radius 1 is 1.29 bits per heavy atom. The molecule has 24 heavy (non-hydrogen) atoms. The smallest absolute Gasteiger partial charge is 0.416 e. The summed E-state index contributed by atoms with van der Waals surface area (Å²) in [7, 11) is 0. The van der Waals surface area contributed by atoms with Crippen LogP contribution in [0.15, 0.2) is 24.3 Å². The number of alkyl halides is 3. The van der Waals surface area contributed by atoms with E-state index < -0.39 is 23.8 Å². The third-order valence-corrected chi connectivity index (χ3v) is 3.44. The second kappa shape index (κ2) is 7.52. The Bertz CT molecular complexity index is 588. The van der Waals surface area contributed by atoms with Crippen molar-refractivity contribution in [3.05, 3.63) is 29.8 Å². The van der Waals surface area contributed by atoms with Crippen molar-refractivity contribution in [1.82, 2.24) is 4.90 Å². The molecule has 1 unspecified atom stereocenters. The van der Waals surface area contributed by atoms with E-state index in [1.54, 1.807) is 0 Å². The number of hydrogen-bond donors (Lipinski definition) is 1. The first-order valence-electron chi connectivity index (χ1n) is 7.17. The number of carbonyl (C=O) groups excluding carboxylic acids is 1. The van der Waals surface area contributed by atoms with Crippen molar-refractivity contribution in [3.8, 4) is 5.75 Å². The first kappa shape index (κ1) is 18.1. The fraction of sp³-hybridized carbons (Fsp3) is 0.467. The highest BCUT2D eigenvalue weighted by atomic mass is 19.4. The number of aliphatic carboxylic acids is 1. The van der Waals surface area contributed by atoms with Gasteiger partial charge < -0.3 is 19.5 Å². The third kappa shape index (κ3) is 5.12. The van der Waals surface area contributed by atoms with Gasteiger partial charge in [-0.25, -0.2) is 0 Å². The number of hydrogen-bond acceptors (Lipinski definition) is 4. The lowest BCUT2D eigenvalue weighted by atomic mass is 10.2. The monoisotopic (exact) mass is 347 g/mol. The van der Waals surface area contributed by atoms with Gasteiger partial charge in [-0.15, -0.1) is 0 Å². The lowest BCUT2D eigenvalue weighted by molar-refractivity contribution is -0.148. The van der Waals surface area contributed by atoms with E-state index in [9.17, 15) is 22.8 Å². The van der Waals surface area contributed by atoms with Crippen LogP contribution in [0.1, 0.15) is 12.0 Å². The van der Waals surface area contributed by atoms with Crippen molar-refractivity contribution in [2.45, 2.75) is 18.7 Å². The molecule has 1 heterocycles. The van der Waals surface area contributed by atoms with Crippen LogP contribution in [0.5, 0.6) is 5.75 Å². The van der Waals surface area contributed by atoms with Crippen LogP contribution >= 0.6 is 0 Å². The summed E-state index contributed by atoms with van der Waals surface area (Å²) in [6.07, 6.45) is -5.21. The molecule has 0 aliphatic carbocycles. The van der Waals surface area contributed by atoms with Crippen molar-refractivity contribution in [2.75, 3.05) is 26.3 Å². The van der Waals surface area contributed by atoms with Crippen LogP contribution in [0.3, 0.4) is 0 Å². The fourth-order valence-electron chi connectivity index (χ4n) is 2.24. The molecule has 1 amide bonds. The number of ether oxygens (including phenoxy) is 2. The first-order valence-corrected chi connectivity index (χ1v) is 7.17. The quantitative estimate of drug-likeness (QED) is 0.879. The number of morpholine rings is 1. The molecule has 132 valence electrons. The molecule has 1 atom stereocenters. The van der Waals surface area contributed by atoms with E-state index in [0.29, 0.717) is 6.54 Å². The SMILES string of the molecule is O=C(O)CC1CN(C(=O)COc2ccc(C(F)(F)F)cc2)CCO1. The summed E-state index contributed by atoms with van der Waals surface area (Å²) in [6, 6.07) is 4.03. The highest BCUT2D eigenvalue weighted by Crippen LogP contribution is 2.30. The highest BCUT2D eigenvalue weighted by Gasteiger charge is 2.30. The zero-order valence-corrected chi connectivity index (χ0v) is 12.6. The van der Waals surface area contributed by atoms with Gasteiger partial charge in [0.1, 0.15) is 5.75 Å². The van der Waals surface area contributed by atoms with Crippen molar-refractivity contribution in [3.63, 3.8) is 0 Å². The Labute approximate surface area is 135 Å². The van der Waals surface area contributed by atoms with Crippen molar-refractivity contribution in [2.24, 2.45) is 0 Å². The van der Waals surface area contributed by atoms with E-state index in [0.717, 1.165) is 24.3 Å². The maximum absolute atomic E-state index is 12.4. The minimum absolute atomic E-state index is 0.140. The highest BCUT2D eigenvalue weighted by molar-refractivity contribution is 5.78. The minimum atomic E-state index is -4.43. The molecule has 0 aromatic heterocycles. The number of nitrogens with zero attached hydrogens (tertiary/aromatic N) is 1. The molecule has 1 aliphatic heterocycles. The molecule has 0 radical (unpaired) electrons. The van der Waals surface area contributed by atoms with Gasteiger partial charge in [0.25, 0.3) is 5.91 Å². The summed E-state index contributed by atoms with van der Waals surface area (Å²) in [5.41, 5.74) is -0.800. The number of benzene rings is 1. The normalized spacial score (nSPS) is 18.3. The maximum Gasteiger partial charge on any atom is 0.416 e. The van der Waals surface area contributed by atoms with Crippen molar-refractivity contribution < 1.29 is 37.3 Å². The van der Waals surface area contributed by atoms with Gasteiger partial charge in [-0.2, -0.15) is 13.2 Å². The van der Waals surface area contributed by atoms with E-state index in [2.05, 4.69) is 0 Å². The number of carboxylic acid groups (broad SMARTS) is 1. The summed E-state index contributed by atoms with van der Waals surface area (Å²) in [5.74, 6) is -1.25. The Kier molecular flexibility index (Phi) is 5.66. The molecule has 1 N–H and O–H groups in total. The molecule has 2 rings (SSSR count). The lowest BCUT2D eigenvalue weighted by Gasteiger charge is -2.32. The van der Waals surface area contributed by atoms with Gasteiger partial charge in [0.05, 0.1) is 24.7 Å². The van der Waals surface area contributed by atoms with Crippen LogP contribution in [0.4, 0.5) is 13.2 Å². The predicted octanol–water partition coefficient (Wildman–Crippen LogP) is 1.79. The topological polar surface area (TPSA) is 76.1 Å². The lowest BCUT2D eigenvalue weighted by Crippen LogP contribution is -2.47. The predicted molar refractivity (Wildman–Crippen MR) is 75.5 cm³/mol. The number of amides is 1. The molecule has 1 saturated heterocycles. The Balaban J connectivity index is 1.85. The molecule has 0 saturated carbocycles. The van der Waals surface area contributed by atoms with Crippen LogP contribution < -0.4 is 4.74 Å². The molecular weight excluding hydrogens is 331 g/mol. The van der Waals surface area contributed by atoms with Crippen LogP contribution in [0, 0.1) is 0 Å². The van der Waals surface area contributed by atoms with Crippen molar-refractivity contribution in [1.29, 1.82) is 0 Å². The summed E-state index contributed by atoms with van der Waals surface area (Å²) in [4.78, 5) is 24.1. The van der Waals surface area contributed by atoms with Crippen molar-refractivity contribution >= 4 is 11.9 Å². The molecule has 0 spiro atoms. The minimum Gasteiger partial charge on any atom is -0.484 e. The van der Waals surface area contributed by atoms with Crippen LogP contribution in [-0.2, 0) is 20.5 Å². The first-order chi connectivity index (χ1) is 11.3. The second-order valence-corrected chi connectivity index (χ2v) is 5.24. The zero-order chi connectivity index (χ0) is 17.7. The second-order valence-electron chi connectivity index (χ2n) is 5.24. The van der Waals surface area contributed by atoms with Gasteiger partial charge >= 0.3 is 12.1 Å². The molecule has 6 nitrogen and oxygen atoms in total. The van der Waals surface area contributed by atoms with E-state index in [1.807, 2.05) is 0 Å². The standard InChI is InChI=1S/C15H16F3NO5/c16-15(17,18)10-1-3-11(4-2-10)24-9-13(20)19-5-6-23-12(8-19)7-14(21)22/h1-4,12H,5-9H2,(H,21,22).